The largest absolute Gasteiger partial charge is 0.489 e. The number of cyclic esters (lactones) is 1. The molecule has 154 valence electrons. The van der Waals surface area contributed by atoms with Crippen LogP contribution in [-0.4, -0.2) is 16.8 Å². The zero-order valence-electron chi connectivity index (χ0n) is 16.6. The number of esters is 1. The van der Waals surface area contributed by atoms with Gasteiger partial charge in [0.1, 0.15) is 12.4 Å². The van der Waals surface area contributed by atoms with E-state index in [0.29, 0.717) is 11.6 Å². The van der Waals surface area contributed by atoms with Crippen LogP contribution in [-0.2, 0) is 16.1 Å². The number of non-ortho nitro benzene ring substituents is 1. The summed E-state index contributed by atoms with van der Waals surface area (Å²) in [5.74, 6) is 0.452. The third-order valence-corrected chi connectivity index (χ3v) is 4.73. The highest BCUT2D eigenvalue weighted by atomic mass is 16.6. The van der Waals surface area contributed by atoms with E-state index in [1.54, 1.807) is 30.3 Å². The number of carbonyl (C=O) groups is 1. The Morgan fingerprint density at radius 1 is 1.03 bits per heavy atom. The maximum Gasteiger partial charge on any atom is 0.363 e. The number of hydrogen-bond donors (Lipinski definition) is 0. The van der Waals surface area contributed by atoms with Crippen molar-refractivity contribution in [3.05, 3.63) is 111 Å². The number of nitrogens with zero attached hydrogens (tertiary/aromatic N) is 2. The molecule has 0 amide bonds. The SMILES string of the molecule is Cc1ccccc1C1=N/C(=C\c2ccc(OCc3ccc([N+](=O)[O-])cc3)cc2)C(=O)O1. The monoisotopic (exact) mass is 414 g/mol. The van der Waals surface area contributed by atoms with Crippen molar-refractivity contribution in [1.29, 1.82) is 0 Å². The second kappa shape index (κ2) is 8.62. The van der Waals surface area contributed by atoms with Gasteiger partial charge in [-0.2, -0.15) is 0 Å². The predicted octanol–water partition coefficient (Wildman–Crippen LogP) is 4.83. The number of benzene rings is 3. The van der Waals surface area contributed by atoms with Crippen LogP contribution in [0.5, 0.6) is 5.75 Å². The number of nitro groups is 1. The molecule has 0 N–H and O–H groups in total. The number of nitro benzene ring substituents is 1. The van der Waals surface area contributed by atoms with Gasteiger partial charge in [-0.15, -0.1) is 0 Å². The number of ether oxygens (including phenoxy) is 2. The highest BCUT2D eigenvalue weighted by Crippen LogP contribution is 2.22. The van der Waals surface area contributed by atoms with Gasteiger partial charge in [-0.1, -0.05) is 30.3 Å². The van der Waals surface area contributed by atoms with Gasteiger partial charge >= 0.3 is 5.97 Å². The van der Waals surface area contributed by atoms with Gasteiger partial charge < -0.3 is 9.47 Å². The lowest BCUT2D eigenvalue weighted by Crippen LogP contribution is -2.06. The van der Waals surface area contributed by atoms with Crippen LogP contribution >= 0.6 is 0 Å². The van der Waals surface area contributed by atoms with Gasteiger partial charge in [0, 0.05) is 17.7 Å². The molecule has 0 aliphatic carbocycles. The summed E-state index contributed by atoms with van der Waals surface area (Å²) in [5, 5.41) is 10.7. The number of aryl methyl sites for hydroxylation is 1. The second-order valence-electron chi connectivity index (χ2n) is 6.93. The van der Waals surface area contributed by atoms with Crippen LogP contribution in [0, 0.1) is 17.0 Å². The number of hydrogen-bond acceptors (Lipinski definition) is 6. The average Bonchev–Trinajstić information content (AvgIpc) is 3.13. The first kappa shape index (κ1) is 20.0. The quantitative estimate of drug-likeness (QED) is 0.249. The molecule has 0 fully saturated rings. The van der Waals surface area contributed by atoms with E-state index in [-0.39, 0.29) is 18.0 Å². The van der Waals surface area contributed by atoms with E-state index in [2.05, 4.69) is 4.99 Å². The summed E-state index contributed by atoms with van der Waals surface area (Å²) < 4.78 is 11.0. The number of rotatable bonds is 6. The van der Waals surface area contributed by atoms with Crippen LogP contribution in [0.15, 0.2) is 83.5 Å². The lowest BCUT2D eigenvalue weighted by Gasteiger charge is -2.06. The molecule has 4 rings (SSSR count). The Balaban J connectivity index is 1.43. The smallest absolute Gasteiger partial charge is 0.363 e. The molecule has 1 aliphatic heterocycles. The van der Waals surface area contributed by atoms with E-state index < -0.39 is 10.9 Å². The second-order valence-corrected chi connectivity index (χ2v) is 6.93. The molecule has 1 heterocycles. The van der Waals surface area contributed by atoms with Crippen LogP contribution < -0.4 is 4.74 Å². The molecule has 0 bridgehead atoms. The Bertz CT molecular complexity index is 1200. The van der Waals surface area contributed by atoms with Gasteiger partial charge in [0.15, 0.2) is 5.70 Å². The lowest BCUT2D eigenvalue weighted by molar-refractivity contribution is -0.384. The lowest BCUT2D eigenvalue weighted by atomic mass is 10.1. The van der Waals surface area contributed by atoms with Crippen molar-refractivity contribution in [2.45, 2.75) is 13.5 Å². The molecule has 0 saturated carbocycles. The van der Waals surface area contributed by atoms with E-state index in [1.807, 2.05) is 43.3 Å². The fourth-order valence-electron chi connectivity index (χ4n) is 3.04. The van der Waals surface area contributed by atoms with Gasteiger partial charge in [0.05, 0.1) is 4.92 Å². The van der Waals surface area contributed by atoms with Gasteiger partial charge in [0.25, 0.3) is 5.69 Å². The minimum atomic E-state index is -0.489. The summed E-state index contributed by atoms with van der Waals surface area (Å²) >= 11 is 0. The molecule has 3 aromatic carbocycles. The summed E-state index contributed by atoms with van der Waals surface area (Å²) in [7, 11) is 0. The van der Waals surface area contributed by atoms with Gasteiger partial charge in [-0.05, 0) is 60.0 Å². The molecule has 0 spiro atoms. The van der Waals surface area contributed by atoms with Gasteiger partial charge in [0.2, 0.25) is 5.90 Å². The molecule has 0 saturated heterocycles. The molecule has 0 radical (unpaired) electrons. The molecule has 31 heavy (non-hydrogen) atoms. The van der Waals surface area contributed by atoms with E-state index in [0.717, 1.165) is 22.3 Å². The standard InChI is InChI=1S/C24H18N2O5/c1-16-4-2-3-5-21(16)23-25-22(24(27)31-23)14-17-8-12-20(13-9-17)30-15-18-6-10-19(11-7-18)26(28)29/h2-14H,15H2,1H3/b22-14-. The average molecular weight is 414 g/mol. The Hall–Kier alpha value is -4.26. The van der Waals surface area contributed by atoms with E-state index >= 15 is 0 Å². The molecular weight excluding hydrogens is 396 g/mol. The maximum absolute atomic E-state index is 12.2. The Morgan fingerprint density at radius 3 is 2.42 bits per heavy atom. The van der Waals surface area contributed by atoms with Crippen molar-refractivity contribution in [2.24, 2.45) is 4.99 Å². The number of carbonyl (C=O) groups excluding carboxylic acids is 1. The van der Waals surface area contributed by atoms with Crippen molar-refractivity contribution >= 4 is 23.6 Å². The summed E-state index contributed by atoms with van der Waals surface area (Å²) in [4.78, 5) is 26.8. The third-order valence-electron chi connectivity index (χ3n) is 4.73. The third kappa shape index (κ3) is 4.67. The van der Waals surface area contributed by atoms with E-state index in [1.165, 1.54) is 12.1 Å². The van der Waals surface area contributed by atoms with Crippen LogP contribution in [0.25, 0.3) is 6.08 Å². The van der Waals surface area contributed by atoms with Gasteiger partial charge in [-0.3, -0.25) is 10.1 Å². The molecule has 7 nitrogen and oxygen atoms in total. The summed E-state index contributed by atoms with van der Waals surface area (Å²) in [6.45, 7) is 2.22. The highest BCUT2D eigenvalue weighted by Gasteiger charge is 2.24. The van der Waals surface area contributed by atoms with Crippen molar-refractivity contribution in [2.75, 3.05) is 0 Å². The van der Waals surface area contributed by atoms with E-state index in [9.17, 15) is 14.9 Å². The number of aliphatic imine (C=N–C) groups is 1. The molecule has 0 aromatic heterocycles. The summed E-state index contributed by atoms with van der Waals surface area (Å²) in [6, 6.07) is 21.0. The maximum atomic E-state index is 12.2. The fraction of sp³-hybridized carbons (Fsp3) is 0.0833. The van der Waals surface area contributed by atoms with Crippen LogP contribution in [0.3, 0.4) is 0 Å². The molecule has 7 heteroatoms. The summed E-state index contributed by atoms with van der Waals surface area (Å²) in [6.07, 6.45) is 1.66. The zero-order valence-corrected chi connectivity index (χ0v) is 16.6. The molecular formula is C24H18N2O5. The first-order chi connectivity index (χ1) is 15.0. The predicted molar refractivity (Wildman–Crippen MR) is 116 cm³/mol. The van der Waals surface area contributed by atoms with Crippen LogP contribution in [0.4, 0.5) is 5.69 Å². The molecule has 3 aromatic rings. The molecule has 0 unspecified atom stereocenters. The normalized spacial score (nSPS) is 14.3. The minimum absolute atomic E-state index is 0.0415. The van der Waals surface area contributed by atoms with Crippen molar-refractivity contribution < 1.29 is 19.2 Å². The van der Waals surface area contributed by atoms with Gasteiger partial charge in [-0.25, -0.2) is 9.79 Å². The van der Waals surface area contributed by atoms with Crippen molar-refractivity contribution in [1.82, 2.24) is 0 Å². The van der Waals surface area contributed by atoms with E-state index in [4.69, 9.17) is 9.47 Å². The Kier molecular flexibility index (Phi) is 5.57. The molecule has 1 aliphatic rings. The minimum Gasteiger partial charge on any atom is -0.489 e. The molecule has 0 atom stereocenters. The Morgan fingerprint density at radius 2 is 1.74 bits per heavy atom. The Labute approximate surface area is 178 Å². The van der Waals surface area contributed by atoms with Crippen LogP contribution in [0.1, 0.15) is 22.3 Å². The van der Waals surface area contributed by atoms with Crippen molar-refractivity contribution in [3.63, 3.8) is 0 Å². The summed E-state index contributed by atoms with van der Waals surface area (Å²) in [5.41, 5.74) is 3.64. The first-order valence-corrected chi connectivity index (χ1v) is 9.54. The fourth-order valence-corrected chi connectivity index (χ4v) is 3.04. The topological polar surface area (TPSA) is 91.0 Å². The zero-order chi connectivity index (χ0) is 21.8. The van der Waals surface area contributed by atoms with Crippen molar-refractivity contribution in [3.8, 4) is 5.75 Å². The van der Waals surface area contributed by atoms with Crippen LogP contribution in [0.2, 0.25) is 0 Å². The first-order valence-electron chi connectivity index (χ1n) is 9.54. The highest BCUT2D eigenvalue weighted by molar-refractivity contribution is 6.13.